The molecule has 0 spiro atoms. The summed E-state index contributed by atoms with van der Waals surface area (Å²) < 4.78 is 0. The number of hydrogen-bond donors (Lipinski definition) is 1. The summed E-state index contributed by atoms with van der Waals surface area (Å²) in [6, 6.07) is 17.3. The second-order valence-corrected chi connectivity index (χ2v) is 6.33. The molecule has 0 saturated carbocycles. The van der Waals surface area contributed by atoms with Gasteiger partial charge in [0.1, 0.15) is 11.6 Å². The monoisotopic (exact) mass is 351 g/mol. The summed E-state index contributed by atoms with van der Waals surface area (Å²) in [6.45, 7) is 1.15. The summed E-state index contributed by atoms with van der Waals surface area (Å²) >= 11 is 5.85. The zero-order valence-electron chi connectivity index (χ0n) is 13.7. The third-order valence-electron chi connectivity index (χ3n) is 4.16. The Kier molecular flexibility index (Phi) is 5.37. The van der Waals surface area contributed by atoms with Crippen molar-refractivity contribution in [3.63, 3.8) is 0 Å². The van der Waals surface area contributed by atoms with Gasteiger partial charge in [-0.25, -0.2) is 0 Å². The molecule has 2 aromatic carbocycles. The first-order valence-electron chi connectivity index (χ1n) is 8.16. The molecule has 5 heteroatoms. The number of aryl methyl sites for hydroxylation is 1. The number of carbonyl (C=O) groups is 1. The predicted molar refractivity (Wildman–Crippen MR) is 99.1 cm³/mol. The summed E-state index contributed by atoms with van der Waals surface area (Å²) in [5.74, 6) is -0.375. The van der Waals surface area contributed by atoms with E-state index >= 15 is 0 Å². The topological polar surface area (TPSA) is 56.1 Å². The Morgan fingerprint density at radius 2 is 2.00 bits per heavy atom. The third-order valence-corrected chi connectivity index (χ3v) is 4.41. The van der Waals surface area contributed by atoms with Crippen LogP contribution in [0, 0.1) is 11.3 Å². The molecule has 0 aromatic heterocycles. The van der Waals surface area contributed by atoms with Gasteiger partial charge in [-0.2, -0.15) is 5.26 Å². The van der Waals surface area contributed by atoms with Gasteiger partial charge in [-0.3, -0.25) is 4.79 Å². The molecule has 1 N–H and O–H groups in total. The lowest BCUT2D eigenvalue weighted by Crippen LogP contribution is -2.28. The molecule has 1 aliphatic heterocycles. The van der Waals surface area contributed by atoms with Crippen LogP contribution >= 0.6 is 11.6 Å². The fraction of sp³-hybridized carbons (Fsp3) is 0.200. The zero-order chi connectivity index (χ0) is 17.6. The van der Waals surface area contributed by atoms with E-state index in [1.54, 1.807) is 18.3 Å². The molecule has 2 aromatic rings. The van der Waals surface area contributed by atoms with Gasteiger partial charge in [0.2, 0.25) is 0 Å². The SMILES string of the molecule is N#C/C(=C/N1CCCc2ccccc21)C(=O)NCc1ccc(Cl)cc1. The van der Waals surface area contributed by atoms with Crippen LogP contribution in [0.3, 0.4) is 0 Å². The fourth-order valence-electron chi connectivity index (χ4n) is 2.87. The minimum atomic E-state index is -0.375. The Balaban J connectivity index is 1.71. The minimum Gasteiger partial charge on any atom is -0.347 e. The average Bonchev–Trinajstić information content (AvgIpc) is 2.65. The highest BCUT2D eigenvalue weighted by atomic mass is 35.5. The smallest absolute Gasteiger partial charge is 0.263 e. The number of fused-ring (bicyclic) bond motifs is 1. The van der Waals surface area contributed by atoms with Crippen LogP contribution in [-0.2, 0) is 17.8 Å². The van der Waals surface area contributed by atoms with E-state index < -0.39 is 0 Å². The van der Waals surface area contributed by atoms with E-state index in [9.17, 15) is 10.1 Å². The number of anilines is 1. The maximum absolute atomic E-state index is 12.3. The molecule has 0 saturated heterocycles. The van der Waals surface area contributed by atoms with E-state index in [1.807, 2.05) is 41.3 Å². The molecule has 3 rings (SSSR count). The van der Waals surface area contributed by atoms with Crippen molar-refractivity contribution in [2.75, 3.05) is 11.4 Å². The zero-order valence-corrected chi connectivity index (χ0v) is 14.5. The summed E-state index contributed by atoms with van der Waals surface area (Å²) in [5, 5.41) is 12.8. The van der Waals surface area contributed by atoms with E-state index in [-0.39, 0.29) is 11.5 Å². The maximum Gasteiger partial charge on any atom is 0.263 e. The lowest BCUT2D eigenvalue weighted by molar-refractivity contribution is -0.117. The second kappa shape index (κ2) is 7.87. The van der Waals surface area contributed by atoms with Gasteiger partial charge in [-0.05, 0) is 42.2 Å². The van der Waals surface area contributed by atoms with Crippen molar-refractivity contribution in [2.45, 2.75) is 19.4 Å². The summed E-state index contributed by atoms with van der Waals surface area (Å²) in [7, 11) is 0. The lowest BCUT2D eigenvalue weighted by atomic mass is 10.0. The highest BCUT2D eigenvalue weighted by Crippen LogP contribution is 2.27. The summed E-state index contributed by atoms with van der Waals surface area (Å²) in [4.78, 5) is 14.3. The number of nitrogens with zero attached hydrogens (tertiary/aromatic N) is 2. The largest absolute Gasteiger partial charge is 0.347 e. The van der Waals surface area contributed by atoms with Gasteiger partial charge >= 0.3 is 0 Å². The van der Waals surface area contributed by atoms with Crippen molar-refractivity contribution < 1.29 is 4.79 Å². The van der Waals surface area contributed by atoms with Crippen molar-refractivity contribution >= 4 is 23.2 Å². The number of nitrogens with one attached hydrogen (secondary N) is 1. The Morgan fingerprint density at radius 1 is 1.24 bits per heavy atom. The second-order valence-electron chi connectivity index (χ2n) is 5.89. The van der Waals surface area contributed by atoms with Crippen molar-refractivity contribution in [1.29, 1.82) is 5.26 Å². The molecule has 0 bridgehead atoms. The molecule has 0 fully saturated rings. The Labute approximate surface area is 152 Å². The number of benzene rings is 2. The molecular weight excluding hydrogens is 334 g/mol. The average molecular weight is 352 g/mol. The molecule has 4 nitrogen and oxygen atoms in total. The van der Waals surface area contributed by atoms with Crippen LogP contribution < -0.4 is 10.2 Å². The highest BCUT2D eigenvalue weighted by Gasteiger charge is 2.17. The maximum atomic E-state index is 12.3. The van der Waals surface area contributed by atoms with Crippen LogP contribution in [0.1, 0.15) is 17.5 Å². The first kappa shape index (κ1) is 17.1. The summed E-state index contributed by atoms with van der Waals surface area (Å²) in [5.41, 5.74) is 3.33. The summed E-state index contributed by atoms with van der Waals surface area (Å²) in [6.07, 6.45) is 3.67. The Hall–Kier alpha value is -2.77. The van der Waals surface area contributed by atoms with Gasteiger partial charge in [0.05, 0.1) is 0 Å². The highest BCUT2D eigenvalue weighted by molar-refractivity contribution is 6.30. The van der Waals surface area contributed by atoms with E-state index in [2.05, 4.69) is 11.4 Å². The van der Waals surface area contributed by atoms with Crippen molar-refractivity contribution in [1.82, 2.24) is 5.32 Å². The number of nitriles is 1. The van der Waals surface area contributed by atoms with Crippen LogP contribution in [0.15, 0.2) is 60.3 Å². The predicted octanol–water partition coefficient (Wildman–Crippen LogP) is 3.82. The molecule has 1 amide bonds. The number of hydrogen-bond acceptors (Lipinski definition) is 3. The van der Waals surface area contributed by atoms with E-state index in [1.165, 1.54) is 5.56 Å². The molecular formula is C20H18ClN3O. The minimum absolute atomic E-state index is 0.102. The number of carbonyl (C=O) groups excluding carboxylic acids is 1. The van der Waals surface area contributed by atoms with Crippen LogP contribution in [0.5, 0.6) is 0 Å². The quantitative estimate of drug-likeness (QED) is 0.673. The fourth-order valence-corrected chi connectivity index (χ4v) is 3.00. The van der Waals surface area contributed by atoms with Crippen molar-refractivity contribution in [2.24, 2.45) is 0 Å². The van der Waals surface area contributed by atoms with Crippen molar-refractivity contribution in [3.8, 4) is 6.07 Å². The number of amides is 1. The number of para-hydroxylation sites is 1. The third kappa shape index (κ3) is 4.20. The van der Waals surface area contributed by atoms with Gasteiger partial charge in [0, 0.05) is 30.0 Å². The van der Waals surface area contributed by atoms with Gasteiger partial charge in [-0.1, -0.05) is 41.9 Å². The number of halogens is 1. The van der Waals surface area contributed by atoms with E-state index in [0.717, 1.165) is 30.6 Å². The molecule has 25 heavy (non-hydrogen) atoms. The van der Waals surface area contributed by atoms with Crippen LogP contribution in [-0.4, -0.2) is 12.5 Å². The van der Waals surface area contributed by atoms with Gasteiger partial charge < -0.3 is 10.2 Å². The van der Waals surface area contributed by atoms with E-state index in [0.29, 0.717) is 11.6 Å². The molecule has 0 aliphatic carbocycles. The first-order chi connectivity index (χ1) is 12.2. The molecule has 1 aliphatic rings. The van der Waals surface area contributed by atoms with Crippen LogP contribution in [0.4, 0.5) is 5.69 Å². The van der Waals surface area contributed by atoms with Crippen LogP contribution in [0.2, 0.25) is 5.02 Å². The van der Waals surface area contributed by atoms with Gasteiger partial charge in [-0.15, -0.1) is 0 Å². The molecule has 0 unspecified atom stereocenters. The van der Waals surface area contributed by atoms with Gasteiger partial charge in [0.15, 0.2) is 0 Å². The molecule has 0 radical (unpaired) electrons. The van der Waals surface area contributed by atoms with Gasteiger partial charge in [0.25, 0.3) is 5.91 Å². The molecule has 126 valence electrons. The normalized spacial score (nSPS) is 13.8. The standard InChI is InChI=1S/C20H18ClN3O/c21-18-9-7-15(8-10-18)13-23-20(25)17(12-22)14-24-11-3-5-16-4-1-2-6-19(16)24/h1-2,4,6-10,14H,3,5,11,13H2,(H,23,25)/b17-14-. The van der Waals surface area contributed by atoms with Crippen LogP contribution in [0.25, 0.3) is 0 Å². The van der Waals surface area contributed by atoms with Crippen molar-refractivity contribution in [3.05, 3.63) is 76.5 Å². The van der Waals surface area contributed by atoms with E-state index in [4.69, 9.17) is 11.6 Å². The lowest BCUT2D eigenvalue weighted by Gasteiger charge is -2.28. The molecule has 0 atom stereocenters. The Morgan fingerprint density at radius 3 is 2.76 bits per heavy atom. The Bertz CT molecular complexity index is 837. The number of rotatable bonds is 4. The molecule has 1 heterocycles. The first-order valence-corrected chi connectivity index (χ1v) is 8.54.